The van der Waals surface area contributed by atoms with Gasteiger partial charge in [0.1, 0.15) is 6.54 Å². The first-order valence-corrected chi connectivity index (χ1v) is 8.44. The van der Waals surface area contributed by atoms with Crippen molar-refractivity contribution >= 4 is 21.9 Å². The number of hydrogen-bond acceptors (Lipinski definition) is 7. The van der Waals surface area contributed by atoms with Gasteiger partial charge in [0.2, 0.25) is 5.89 Å². The highest BCUT2D eigenvalue weighted by atomic mass is 32.2. The molecule has 0 spiro atoms. The van der Waals surface area contributed by atoms with Crippen LogP contribution < -0.4 is 0 Å². The molecule has 1 aromatic rings. The molecule has 0 aromatic carbocycles. The van der Waals surface area contributed by atoms with Gasteiger partial charge in [-0.2, -0.15) is 13.4 Å². The van der Waals surface area contributed by atoms with E-state index in [2.05, 4.69) is 14.5 Å². The number of aromatic nitrogens is 2. The van der Waals surface area contributed by atoms with Gasteiger partial charge in [0.15, 0.2) is 5.82 Å². The fraction of sp³-hybridized carbons (Fsp3) is 0.538. The maximum Gasteiger partial charge on any atom is 0.344 e. The highest BCUT2D eigenvalue weighted by Crippen LogP contribution is 2.20. The van der Waals surface area contributed by atoms with Crippen molar-refractivity contribution in [2.75, 3.05) is 6.61 Å². The molecule has 0 bridgehead atoms. The van der Waals surface area contributed by atoms with Gasteiger partial charge in [-0.3, -0.25) is 0 Å². The van der Waals surface area contributed by atoms with Crippen LogP contribution in [0.1, 0.15) is 45.3 Å². The lowest BCUT2D eigenvalue weighted by atomic mass is 10.2. The van der Waals surface area contributed by atoms with Crippen molar-refractivity contribution in [3.05, 3.63) is 23.5 Å². The summed E-state index contributed by atoms with van der Waals surface area (Å²) in [5.41, 5.74) is 0.151. The van der Waals surface area contributed by atoms with Gasteiger partial charge >= 0.3 is 16.2 Å². The minimum Gasteiger partial charge on any atom is -0.462 e. The van der Waals surface area contributed by atoms with Crippen molar-refractivity contribution in [3.8, 4) is 0 Å². The maximum absolute atomic E-state index is 12.1. The first-order valence-electron chi connectivity index (χ1n) is 7.04. The SMILES string of the molecule is CCOC(=O)C1=CN(Cc2nc(C(C)C)no2)S(=O)(=O)N=C1C. The van der Waals surface area contributed by atoms with Crippen molar-refractivity contribution in [2.24, 2.45) is 4.40 Å². The van der Waals surface area contributed by atoms with Crippen LogP contribution in [-0.2, 0) is 26.3 Å². The van der Waals surface area contributed by atoms with Gasteiger partial charge in [-0.05, 0) is 13.8 Å². The molecule has 23 heavy (non-hydrogen) atoms. The minimum atomic E-state index is -3.95. The molecule has 0 unspecified atom stereocenters. The lowest BCUT2D eigenvalue weighted by Gasteiger charge is -2.21. The predicted molar refractivity (Wildman–Crippen MR) is 80.7 cm³/mol. The number of carbonyl (C=O) groups excluding carboxylic acids is 1. The molecule has 1 aliphatic rings. The zero-order chi connectivity index (χ0) is 17.2. The second-order valence-corrected chi connectivity index (χ2v) is 6.71. The molecule has 0 radical (unpaired) electrons. The normalized spacial score (nSPS) is 17.0. The van der Waals surface area contributed by atoms with Crippen LogP contribution in [0.3, 0.4) is 0 Å². The lowest BCUT2D eigenvalue weighted by Crippen LogP contribution is -2.31. The zero-order valence-electron chi connectivity index (χ0n) is 13.3. The second-order valence-electron chi connectivity index (χ2n) is 5.16. The van der Waals surface area contributed by atoms with Crippen LogP contribution in [0.4, 0.5) is 0 Å². The Bertz CT molecular complexity index is 763. The molecule has 126 valence electrons. The molecule has 10 heteroatoms. The summed E-state index contributed by atoms with van der Waals surface area (Å²) in [6.07, 6.45) is 1.18. The molecule has 1 aliphatic heterocycles. The molecule has 9 nitrogen and oxygen atoms in total. The first kappa shape index (κ1) is 17.1. The van der Waals surface area contributed by atoms with E-state index in [-0.39, 0.29) is 36.2 Å². The summed E-state index contributed by atoms with van der Waals surface area (Å²) in [5, 5.41) is 3.77. The maximum atomic E-state index is 12.1. The monoisotopic (exact) mass is 342 g/mol. The molecule has 0 atom stereocenters. The van der Waals surface area contributed by atoms with Crippen molar-refractivity contribution in [3.63, 3.8) is 0 Å². The standard InChI is InChI=1S/C13H18N4O5S/c1-5-21-13(18)10-6-17(23(19,20)16-9(10)4)7-11-14-12(8(2)3)15-22-11/h6,8H,5,7H2,1-4H3. The van der Waals surface area contributed by atoms with E-state index in [1.807, 2.05) is 13.8 Å². The Morgan fingerprint density at radius 3 is 2.70 bits per heavy atom. The molecular formula is C13H18N4O5S. The van der Waals surface area contributed by atoms with Crippen LogP contribution in [0, 0.1) is 0 Å². The quantitative estimate of drug-likeness (QED) is 0.737. The van der Waals surface area contributed by atoms with E-state index in [1.54, 1.807) is 6.92 Å². The molecule has 2 rings (SSSR count). The number of carbonyl (C=O) groups is 1. The second kappa shape index (κ2) is 6.49. The van der Waals surface area contributed by atoms with E-state index in [0.29, 0.717) is 5.82 Å². The first-order chi connectivity index (χ1) is 10.7. The summed E-state index contributed by atoms with van der Waals surface area (Å²) in [4.78, 5) is 16.0. The van der Waals surface area contributed by atoms with Crippen LogP contribution in [0.25, 0.3) is 0 Å². The molecule has 0 fully saturated rings. The van der Waals surface area contributed by atoms with E-state index >= 15 is 0 Å². The van der Waals surface area contributed by atoms with Crippen LogP contribution in [0.5, 0.6) is 0 Å². The van der Waals surface area contributed by atoms with E-state index in [9.17, 15) is 13.2 Å². The average Bonchev–Trinajstić information content (AvgIpc) is 2.90. The number of esters is 1. The molecular weight excluding hydrogens is 324 g/mol. The number of rotatable bonds is 5. The van der Waals surface area contributed by atoms with Crippen molar-refractivity contribution in [1.29, 1.82) is 0 Å². The van der Waals surface area contributed by atoms with Gasteiger partial charge in [-0.1, -0.05) is 19.0 Å². The van der Waals surface area contributed by atoms with Gasteiger partial charge in [-0.15, -0.1) is 4.40 Å². The Morgan fingerprint density at radius 2 is 2.13 bits per heavy atom. The molecule has 0 amide bonds. The fourth-order valence-electron chi connectivity index (χ4n) is 1.82. The van der Waals surface area contributed by atoms with E-state index in [0.717, 1.165) is 4.31 Å². The summed E-state index contributed by atoms with van der Waals surface area (Å²) in [7, 11) is -3.95. The Morgan fingerprint density at radius 1 is 1.43 bits per heavy atom. The molecule has 0 aliphatic carbocycles. The number of hydrogen-bond donors (Lipinski definition) is 0. The van der Waals surface area contributed by atoms with Crippen LogP contribution in [0.2, 0.25) is 0 Å². The number of nitrogens with zero attached hydrogens (tertiary/aromatic N) is 4. The van der Waals surface area contributed by atoms with Crippen molar-refractivity contribution < 1.29 is 22.5 Å². The van der Waals surface area contributed by atoms with Gasteiger partial charge < -0.3 is 9.26 Å². The highest BCUT2D eigenvalue weighted by molar-refractivity contribution is 7.88. The Balaban J connectivity index is 2.29. The van der Waals surface area contributed by atoms with Crippen LogP contribution >= 0.6 is 0 Å². The van der Waals surface area contributed by atoms with Gasteiger partial charge in [0, 0.05) is 12.1 Å². The topological polar surface area (TPSA) is 115 Å². The molecule has 2 heterocycles. The van der Waals surface area contributed by atoms with Crippen molar-refractivity contribution in [1.82, 2.24) is 14.4 Å². The number of ether oxygens (including phenoxy) is 1. The van der Waals surface area contributed by atoms with Crippen molar-refractivity contribution in [2.45, 2.75) is 40.2 Å². The van der Waals surface area contributed by atoms with E-state index in [4.69, 9.17) is 9.26 Å². The molecule has 1 aromatic heterocycles. The van der Waals surface area contributed by atoms with Crippen LogP contribution in [-0.4, -0.2) is 41.2 Å². The summed E-state index contributed by atoms with van der Waals surface area (Å²) in [6, 6.07) is 0. The fourth-order valence-corrected chi connectivity index (χ4v) is 2.88. The minimum absolute atomic E-state index is 0.0522. The Labute approximate surface area is 134 Å². The largest absolute Gasteiger partial charge is 0.462 e. The predicted octanol–water partition coefficient (Wildman–Crippen LogP) is 1.16. The summed E-state index contributed by atoms with van der Waals surface area (Å²) in [6.45, 7) is 6.84. The third kappa shape index (κ3) is 3.76. The lowest BCUT2D eigenvalue weighted by molar-refractivity contribution is -0.137. The smallest absolute Gasteiger partial charge is 0.344 e. The van der Waals surface area contributed by atoms with E-state index in [1.165, 1.54) is 13.1 Å². The molecule has 0 saturated carbocycles. The Kier molecular flexibility index (Phi) is 4.83. The zero-order valence-corrected chi connectivity index (χ0v) is 14.1. The van der Waals surface area contributed by atoms with Gasteiger partial charge in [0.25, 0.3) is 0 Å². The van der Waals surface area contributed by atoms with Gasteiger partial charge in [0.05, 0.1) is 17.9 Å². The molecule has 0 N–H and O–H groups in total. The summed E-state index contributed by atoms with van der Waals surface area (Å²) < 4.78 is 38.6. The summed E-state index contributed by atoms with van der Waals surface area (Å²) >= 11 is 0. The van der Waals surface area contributed by atoms with Gasteiger partial charge in [-0.25, -0.2) is 9.10 Å². The average molecular weight is 342 g/mol. The Hall–Kier alpha value is -2.23. The third-order valence-electron chi connectivity index (χ3n) is 3.00. The summed E-state index contributed by atoms with van der Waals surface area (Å²) in [5.74, 6) is 0.00795. The van der Waals surface area contributed by atoms with Crippen LogP contribution in [0.15, 0.2) is 20.7 Å². The molecule has 0 saturated heterocycles. The third-order valence-corrected chi connectivity index (χ3v) is 4.33. The van der Waals surface area contributed by atoms with E-state index < -0.39 is 16.2 Å². The highest BCUT2D eigenvalue weighted by Gasteiger charge is 2.30.